The van der Waals surface area contributed by atoms with E-state index in [0.29, 0.717) is 17.4 Å². The first-order valence-corrected chi connectivity index (χ1v) is 9.35. The summed E-state index contributed by atoms with van der Waals surface area (Å²) in [6, 6.07) is 7.86. The van der Waals surface area contributed by atoms with Crippen molar-refractivity contribution in [3.8, 4) is 0 Å². The van der Waals surface area contributed by atoms with Crippen LogP contribution in [-0.2, 0) is 16.3 Å². The SMILES string of the molecule is CCNCC(Cc1ccc(Cl)cc1)C1CCS(=O)(=O)C1. The molecule has 1 fully saturated rings. The van der Waals surface area contributed by atoms with Crippen LogP contribution in [0.1, 0.15) is 18.9 Å². The van der Waals surface area contributed by atoms with Crippen LogP contribution in [-0.4, -0.2) is 33.0 Å². The van der Waals surface area contributed by atoms with E-state index in [2.05, 4.69) is 12.2 Å². The van der Waals surface area contributed by atoms with Gasteiger partial charge in [0.05, 0.1) is 11.5 Å². The van der Waals surface area contributed by atoms with Crippen molar-refractivity contribution >= 4 is 21.4 Å². The molecule has 0 aromatic heterocycles. The average Bonchev–Trinajstić information content (AvgIpc) is 2.77. The lowest BCUT2D eigenvalue weighted by molar-refractivity contribution is 0.346. The molecule has 5 heteroatoms. The Bertz CT molecular complexity index is 527. The lowest BCUT2D eigenvalue weighted by Crippen LogP contribution is -2.30. The first kappa shape index (κ1) is 15.8. The van der Waals surface area contributed by atoms with Gasteiger partial charge in [-0.3, -0.25) is 0 Å². The van der Waals surface area contributed by atoms with Crippen molar-refractivity contribution in [2.24, 2.45) is 11.8 Å². The number of hydrogen-bond donors (Lipinski definition) is 1. The fourth-order valence-electron chi connectivity index (χ4n) is 2.85. The Morgan fingerprint density at radius 3 is 2.60 bits per heavy atom. The molecule has 0 bridgehead atoms. The van der Waals surface area contributed by atoms with Gasteiger partial charge in [0.2, 0.25) is 0 Å². The Morgan fingerprint density at radius 1 is 1.35 bits per heavy atom. The molecular weight excluding hydrogens is 294 g/mol. The zero-order chi connectivity index (χ0) is 14.6. The third kappa shape index (κ3) is 4.47. The van der Waals surface area contributed by atoms with E-state index in [1.807, 2.05) is 24.3 Å². The van der Waals surface area contributed by atoms with Crippen LogP contribution in [0.4, 0.5) is 0 Å². The molecule has 1 heterocycles. The molecule has 0 aliphatic carbocycles. The zero-order valence-corrected chi connectivity index (χ0v) is 13.4. The highest BCUT2D eigenvalue weighted by molar-refractivity contribution is 7.91. The number of hydrogen-bond acceptors (Lipinski definition) is 3. The molecule has 3 nitrogen and oxygen atoms in total. The lowest BCUT2D eigenvalue weighted by Gasteiger charge is -2.23. The second kappa shape index (κ2) is 6.92. The van der Waals surface area contributed by atoms with Gasteiger partial charge in [0.1, 0.15) is 0 Å². The molecule has 1 saturated heterocycles. The number of halogens is 1. The molecule has 2 unspecified atom stereocenters. The highest BCUT2D eigenvalue weighted by Gasteiger charge is 2.33. The highest BCUT2D eigenvalue weighted by Crippen LogP contribution is 2.28. The monoisotopic (exact) mass is 315 g/mol. The molecule has 1 aromatic rings. The van der Waals surface area contributed by atoms with Crippen LogP contribution in [0.2, 0.25) is 5.02 Å². The fourth-order valence-corrected chi connectivity index (χ4v) is 4.90. The zero-order valence-electron chi connectivity index (χ0n) is 11.8. The first-order valence-electron chi connectivity index (χ1n) is 7.16. The molecule has 1 aromatic carbocycles. The Morgan fingerprint density at radius 2 is 2.05 bits per heavy atom. The van der Waals surface area contributed by atoms with Gasteiger partial charge in [-0.25, -0.2) is 8.42 Å². The van der Waals surface area contributed by atoms with Crippen molar-refractivity contribution in [2.75, 3.05) is 24.6 Å². The Balaban J connectivity index is 2.05. The minimum absolute atomic E-state index is 0.273. The summed E-state index contributed by atoms with van der Waals surface area (Å²) in [6.45, 7) is 3.86. The predicted molar refractivity (Wildman–Crippen MR) is 84.0 cm³/mol. The van der Waals surface area contributed by atoms with Crippen molar-refractivity contribution < 1.29 is 8.42 Å². The molecule has 112 valence electrons. The van der Waals surface area contributed by atoms with Gasteiger partial charge in [0.15, 0.2) is 9.84 Å². The number of benzene rings is 1. The normalized spacial score (nSPS) is 22.8. The summed E-state index contributed by atoms with van der Waals surface area (Å²) in [5.74, 6) is 1.33. The van der Waals surface area contributed by atoms with E-state index in [1.54, 1.807) is 0 Å². The maximum Gasteiger partial charge on any atom is 0.150 e. The average molecular weight is 316 g/mol. The van der Waals surface area contributed by atoms with E-state index in [4.69, 9.17) is 11.6 Å². The van der Waals surface area contributed by atoms with Gasteiger partial charge in [0.25, 0.3) is 0 Å². The van der Waals surface area contributed by atoms with Gasteiger partial charge < -0.3 is 5.32 Å². The largest absolute Gasteiger partial charge is 0.317 e. The fraction of sp³-hybridized carbons (Fsp3) is 0.600. The van der Waals surface area contributed by atoms with Crippen LogP contribution in [0.3, 0.4) is 0 Å². The minimum Gasteiger partial charge on any atom is -0.317 e. The summed E-state index contributed by atoms with van der Waals surface area (Å²) in [5, 5.41) is 4.10. The van der Waals surface area contributed by atoms with E-state index >= 15 is 0 Å². The molecule has 20 heavy (non-hydrogen) atoms. The van der Waals surface area contributed by atoms with Crippen molar-refractivity contribution in [2.45, 2.75) is 19.8 Å². The van der Waals surface area contributed by atoms with E-state index in [1.165, 1.54) is 5.56 Å². The van der Waals surface area contributed by atoms with Gasteiger partial charge >= 0.3 is 0 Å². The molecule has 0 saturated carbocycles. The number of nitrogens with one attached hydrogen (secondary N) is 1. The van der Waals surface area contributed by atoms with Crippen LogP contribution in [0.25, 0.3) is 0 Å². The third-order valence-corrected chi connectivity index (χ3v) is 6.05. The van der Waals surface area contributed by atoms with E-state index in [0.717, 1.165) is 31.0 Å². The molecule has 0 spiro atoms. The molecule has 2 atom stereocenters. The van der Waals surface area contributed by atoms with Gasteiger partial charge in [-0.2, -0.15) is 0 Å². The smallest absolute Gasteiger partial charge is 0.150 e. The predicted octanol–water partition coefficient (Wildman–Crippen LogP) is 2.54. The van der Waals surface area contributed by atoms with Crippen molar-refractivity contribution in [3.63, 3.8) is 0 Å². The molecule has 0 radical (unpaired) electrons. The van der Waals surface area contributed by atoms with Gasteiger partial charge in [-0.15, -0.1) is 0 Å². The molecule has 0 amide bonds. The highest BCUT2D eigenvalue weighted by atomic mass is 35.5. The van der Waals surface area contributed by atoms with Crippen molar-refractivity contribution in [1.82, 2.24) is 5.32 Å². The number of sulfone groups is 1. The number of rotatable bonds is 6. The molecule has 2 rings (SSSR count). The summed E-state index contributed by atoms with van der Waals surface area (Å²) in [4.78, 5) is 0. The van der Waals surface area contributed by atoms with E-state index < -0.39 is 9.84 Å². The van der Waals surface area contributed by atoms with E-state index in [9.17, 15) is 8.42 Å². The summed E-state index contributed by atoms with van der Waals surface area (Å²) < 4.78 is 23.4. The van der Waals surface area contributed by atoms with Crippen LogP contribution in [0.5, 0.6) is 0 Å². The second-order valence-electron chi connectivity index (χ2n) is 5.56. The van der Waals surface area contributed by atoms with Crippen LogP contribution >= 0.6 is 11.6 Å². The molecule has 1 aliphatic heterocycles. The lowest BCUT2D eigenvalue weighted by atomic mass is 9.86. The van der Waals surface area contributed by atoms with Gasteiger partial charge in [-0.05, 0) is 55.5 Å². The van der Waals surface area contributed by atoms with Crippen LogP contribution in [0.15, 0.2) is 24.3 Å². The second-order valence-corrected chi connectivity index (χ2v) is 8.23. The molecule has 1 N–H and O–H groups in total. The Labute approximate surface area is 126 Å². The summed E-state index contributed by atoms with van der Waals surface area (Å²) >= 11 is 5.90. The van der Waals surface area contributed by atoms with Gasteiger partial charge in [-0.1, -0.05) is 30.7 Å². The first-order chi connectivity index (χ1) is 9.50. The summed E-state index contributed by atoms with van der Waals surface area (Å²) in [5.41, 5.74) is 1.22. The van der Waals surface area contributed by atoms with Crippen molar-refractivity contribution in [3.05, 3.63) is 34.9 Å². The van der Waals surface area contributed by atoms with Crippen molar-refractivity contribution in [1.29, 1.82) is 0 Å². The topological polar surface area (TPSA) is 46.2 Å². The third-order valence-electron chi connectivity index (χ3n) is 4.00. The maximum absolute atomic E-state index is 11.7. The van der Waals surface area contributed by atoms with Gasteiger partial charge in [0, 0.05) is 5.02 Å². The van der Waals surface area contributed by atoms with Crippen LogP contribution < -0.4 is 5.32 Å². The standard InChI is InChI=1S/C15H22ClNO2S/c1-2-17-10-14(13-7-8-20(18,19)11-13)9-12-3-5-15(16)6-4-12/h3-6,13-14,17H,2,7-11H2,1H3. The maximum atomic E-state index is 11.7. The Hall–Kier alpha value is -0.580. The Kier molecular flexibility index (Phi) is 5.47. The van der Waals surface area contributed by atoms with E-state index in [-0.39, 0.29) is 5.92 Å². The molecule has 1 aliphatic rings. The minimum atomic E-state index is -2.81. The summed E-state index contributed by atoms with van der Waals surface area (Å²) in [7, 11) is -2.81. The van der Waals surface area contributed by atoms with Crippen LogP contribution in [0, 0.1) is 11.8 Å². The summed E-state index contributed by atoms with van der Waals surface area (Å²) in [6.07, 6.45) is 1.70. The molecular formula is C15H22ClNO2S. The quantitative estimate of drug-likeness (QED) is 0.877.